The van der Waals surface area contributed by atoms with Crippen LogP contribution in [0.1, 0.15) is 59.3 Å². The number of hydrogen-bond acceptors (Lipinski definition) is 2. The van der Waals surface area contributed by atoms with Crippen LogP contribution in [0.15, 0.2) is 0 Å². The highest BCUT2D eigenvalue weighted by molar-refractivity contribution is 5.81. The van der Waals surface area contributed by atoms with Crippen molar-refractivity contribution in [3.05, 3.63) is 0 Å². The highest BCUT2D eigenvalue weighted by atomic mass is 16.4. The predicted octanol–water partition coefficient (Wildman–Crippen LogP) is 2.92. The maximum absolute atomic E-state index is 12.3. The molecule has 0 bridgehead atoms. The van der Waals surface area contributed by atoms with Crippen LogP contribution in [0.5, 0.6) is 0 Å². The third-order valence-corrected chi connectivity index (χ3v) is 4.21. The van der Waals surface area contributed by atoms with Crippen LogP contribution >= 0.6 is 0 Å². The van der Waals surface area contributed by atoms with E-state index in [2.05, 4.69) is 6.92 Å². The van der Waals surface area contributed by atoms with Gasteiger partial charge in [0.1, 0.15) is 0 Å². The van der Waals surface area contributed by atoms with Crippen molar-refractivity contribution >= 4 is 11.9 Å². The van der Waals surface area contributed by atoms with Crippen LogP contribution in [0.2, 0.25) is 0 Å². The fourth-order valence-electron chi connectivity index (χ4n) is 3.15. The van der Waals surface area contributed by atoms with Crippen molar-refractivity contribution in [1.82, 2.24) is 4.90 Å². The minimum absolute atomic E-state index is 0.0104. The predicted molar refractivity (Wildman–Crippen MR) is 74.9 cm³/mol. The van der Waals surface area contributed by atoms with Gasteiger partial charge in [-0.25, -0.2) is 0 Å². The van der Waals surface area contributed by atoms with E-state index >= 15 is 0 Å². The zero-order valence-electron chi connectivity index (χ0n) is 12.4. The molecule has 1 aliphatic heterocycles. The molecular formula is C15H27NO3. The molecule has 0 saturated carbocycles. The first-order valence-electron chi connectivity index (χ1n) is 7.49. The lowest BCUT2D eigenvalue weighted by atomic mass is 9.76. The standard InChI is InChI=1S/C15H27NO3/c1-4-7-12(3)13(17)16-10-6-9-15(11-16,8-5-2)14(18)19/h12H,4-11H2,1-3H3,(H,18,19). The molecule has 0 aromatic rings. The first-order valence-corrected chi connectivity index (χ1v) is 7.49. The van der Waals surface area contributed by atoms with Crippen molar-refractivity contribution in [2.24, 2.45) is 11.3 Å². The van der Waals surface area contributed by atoms with E-state index in [1.807, 2.05) is 13.8 Å². The smallest absolute Gasteiger partial charge is 0.311 e. The Hall–Kier alpha value is -1.06. The van der Waals surface area contributed by atoms with Crippen LogP contribution in [0.3, 0.4) is 0 Å². The summed E-state index contributed by atoms with van der Waals surface area (Å²) in [4.78, 5) is 25.7. The van der Waals surface area contributed by atoms with Gasteiger partial charge in [0, 0.05) is 19.0 Å². The molecule has 0 radical (unpaired) electrons. The van der Waals surface area contributed by atoms with Crippen LogP contribution in [-0.4, -0.2) is 35.0 Å². The summed E-state index contributed by atoms with van der Waals surface area (Å²) in [5, 5.41) is 9.52. The number of rotatable bonds is 6. The van der Waals surface area contributed by atoms with Gasteiger partial charge in [0.25, 0.3) is 0 Å². The summed E-state index contributed by atoms with van der Waals surface area (Å²) < 4.78 is 0. The van der Waals surface area contributed by atoms with Gasteiger partial charge in [0.2, 0.25) is 5.91 Å². The summed E-state index contributed by atoms with van der Waals surface area (Å²) in [5.41, 5.74) is -0.714. The number of likely N-dealkylation sites (tertiary alicyclic amines) is 1. The van der Waals surface area contributed by atoms with E-state index < -0.39 is 11.4 Å². The molecule has 4 nitrogen and oxygen atoms in total. The molecule has 2 atom stereocenters. The topological polar surface area (TPSA) is 57.6 Å². The quantitative estimate of drug-likeness (QED) is 0.806. The molecule has 0 aromatic heterocycles. The summed E-state index contributed by atoms with van der Waals surface area (Å²) in [6.07, 6.45) is 4.87. The van der Waals surface area contributed by atoms with Gasteiger partial charge in [0.05, 0.1) is 5.41 Å². The zero-order chi connectivity index (χ0) is 14.5. The molecule has 1 amide bonds. The number of carbonyl (C=O) groups excluding carboxylic acids is 1. The SMILES string of the molecule is CCCC(C)C(=O)N1CCCC(CCC)(C(=O)O)C1. The molecule has 1 rings (SSSR count). The van der Waals surface area contributed by atoms with Crippen molar-refractivity contribution in [3.8, 4) is 0 Å². The van der Waals surface area contributed by atoms with E-state index in [9.17, 15) is 14.7 Å². The van der Waals surface area contributed by atoms with Crippen LogP contribution in [-0.2, 0) is 9.59 Å². The minimum atomic E-state index is -0.741. The average molecular weight is 269 g/mol. The molecule has 1 heterocycles. The first kappa shape index (κ1) is 16.0. The molecule has 2 unspecified atom stereocenters. The molecule has 1 fully saturated rings. The maximum Gasteiger partial charge on any atom is 0.311 e. The van der Waals surface area contributed by atoms with Gasteiger partial charge >= 0.3 is 5.97 Å². The lowest BCUT2D eigenvalue weighted by molar-refractivity contribution is -0.156. The van der Waals surface area contributed by atoms with Crippen molar-refractivity contribution in [1.29, 1.82) is 0 Å². The summed E-state index contributed by atoms with van der Waals surface area (Å²) >= 11 is 0. The zero-order valence-corrected chi connectivity index (χ0v) is 12.4. The molecule has 1 N–H and O–H groups in total. The molecule has 0 aromatic carbocycles. The number of carboxylic acid groups (broad SMARTS) is 1. The van der Waals surface area contributed by atoms with E-state index in [0.29, 0.717) is 25.9 Å². The fourth-order valence-corrected chi connectivity index (χ4v) is 3.15. The number of piperidine rings is 1. The van der Waals surface area contributed by atoms with Gasteiger partial charge in [-0.15, -0.1) is 0 Å². The summed E-state index contributed by atoms with van der Waals surface area (Å²) in [6, 6.07) is 0. The molecule has 0 spiro atoms. The Balaban J connectivity index is 2.77. The number of amides is 1. The second kappa shape index (κ2) is 6.92. The Morgan fingerprint density at radius 1 is 1.32 bits per heavy atom. The Morgan fingerprint density at radius 3 is 2.53 bits per heavy atom. The Kier molecular flexibility index (Phi) is 5.83. The van der Waals surface area contributed by atoms with Crippen LogP contribution in [0.25, 0.3) is 0 Å². The number of aliphatic carboxylic acids is 1. The Labute approximate surface area is 116 Å². The van der Waals surface area contributed by atoms with E-state index in [1.165, 1.54) is 0 Å². The van der Waals surface area contributed by atoms with Crippen molar-refractivity contribution < 1.29 is 14.7 Å². The summed E-state index contributed by atoms with van der Waals surface area (Å²) in [6.45, 7) is 7.13. The van der Waals surface area contributed by atoms with E-state index in [-0.39, 0.29) is 11.8 Å². The van der Waals surface area contributed by atoms with E-state index in [1.54, 1.807) is 4.90 Å². The van der Waals surface area contributed by atoms with Gasteiger partial charge in [-0.05, 0) is 25.7 Å². The normalized spacial score (nSPS) is 25.1. The Bertz CT molecular complexity index is 325. The second-order valence-corrected chi connectivity index (χ2v) is 5.89. The van der Waals surface area contributed by atoms with Gasteiger partial charge in [-0.1, -0.05) is 33.6 Å². The van der Waals surface area contributed by atoms with Crippen LogP contribution < -0.4 is 0 Å². The lowest BCUT2D eigenvalue weighted by Gasteiger charge is -2.40. The molecule has 19 heavy (non-hydrogen) atoms. The van der Waals surface area contributed by atoms with E-state index in [4.69, 9.17) is 0 Å². The highest BCUT2D eigenvalue weighted by Crippen LogP contribution is 2.35. The van der Waals surface area contributed by atoms with Gasteiger partial charge in [-0.2, -0.15) is 0 Å². The maximum atomic E-state index is 12.3. The molecular weight excluding hydrogens is 242 g/mol. The van der Waals surface area contributed by atoms with Crippen molar-refractivity contribution in [3.63, 3.8) is 0 Å². The van der Waals surface area contributed by atoms with Crippen molar-refractivity contribution in [2.45, 2.75) is 59.3 Å². The molecule has 110 valence electrons. The highest BCUT2D eigenvalue weighted by Gasteiger charge is 2.43. The summed E-state index contributed by atoms with van der Waals surface area (Å²) in [7, 11) is 0. The Morgan fingerprint density at radius 2 is 2.00 bits per heavy atom. The third kappa shape index (κ3) is 3.71. The molecule has 4 heteroatoms. The molecule has 0 aliphatic carbocycles. The number of hydrogen-bond donors (Lipinski definition) is 1. The van der Waals surface area contributed by atoms with Crippen LogP contribution in [0.4, 0.5) is 0 Å². The van der Waals surface area contributed by atoms with Crippen LogP contribution in [0, 0.1) is 11.3 Å². The fraction of sp³-hybridized carbons (Fsp3) is 0.867. The lowest BCUT2D eigenvalue weighted by Crippen LogP contribution is -2.51. The summed E-state index contributed by atoms with van der Waals surface area (Å²) in [5.74, 6) is -0.602. The van der Waals surface area contributed by atoms with Gasteiger partial charge in [-0.3, -0.25) is 9.59 Å². The largest absolute Gasteiger partial charge is 0.481 e. The molecule has 1 aliphatic rings. The number of carbonyl (C=O) groups is 2. The monoisotopic (exact) mass is 269 g/mol. The molecule has 1 saturated heterocycles. The van der Waals surface area contributed by atoms with Gasteiger partial charge < -0.3 is 10.0 Å². The number of carboxylic acids is 1. The van der Waals surface area contributed by atoms with Gasteiger partial charge in [0.15, 0.2) is 0 Å². The minimum Gasteiger partial charge on any atom is -0.481 e. The first-order chi connectivity index (χ1) is 8.96. The van der Waals surface area contributed by atoms with Crippen molar-refractivity contribution in [2.75, 3.05) is 13.1 Å². The third-order valence-electron chi connectivity index (χ3n) is 4.21. The second-order valence-electron chi connectivity index (χ2n) is 5.89. The average Bonchev–Trinajstić information content (AvgIpc) is 2.38. The van der Waals surface area contributed by atoms with E-state index in [0.717, 1.165) is 25.7 Å². The number of nitrogens with zero attached hydrogens (tertiary/aromatic N) is 1.